The molecule has 8 rings (SSSR count). The molecule has 2 aromatic carbocycles. The van der Waals surface area contributed by atoms with E-state index in [4.69, 9.17) is 39.9 Å². The van der Waals surface area contributed by atoms with Gasteiger partial charge in [-0.3, -0.25) is 19.6 Å². The lowest BCUT2D eigenvalue weighted by molar-refractivity contribution is 0.535. The van der Waals surface area contributed by atoms with Crippen LogP contribution in [0.25, 0.3) is 0 Å². The number of nitrogens with zero attached hydrogens (tertiary/aromatic N) is 12. The summed E-state index contributed by atoms with van der Waals surface area (Å²) in [5.74, 6) is 3.42. The smallest absolute Gasteiger partial charge is 0.236 e. The number of hydrogen-bond donors (Lipinski definition) is 0. The second-order valence-electron chi connectivity index (χ2n) is 33.6. The summed E-state index contributed by atoms with van der Waals surface area (Å²) in [5.41, 5.74) is 9.86. The van der Waals surface area contributed by atoms with Gasteiger partial charge in [0.2, 0.25) is 23.8 Å². The van der Waals surface area contributed by atoms with Crippen molar-refractivity contribution in [2.24, 2.45) is 0 Å². The molecule has 0 aliphatic carbocycles. The summed E-state index contributed by atoms with van der Waals surface area (Å²) in [7, 11) is 0. The summed E-state index contributed by atoms with van der Waals surface area (Å²) >= 11 is 0. The Balaban J connectivity index is 1.76. The Labute approximate surface area is 494 Å². The molecular formula is C70H100N12. The Bertz CT molecular complexity index is 3120. The van der Waals surface area contributed by atoms with E-state index in [1.807, 2.05) is 0 Å². The highest BCUT2D eigenvalue weighted by molar-refractivity contribution is 5.98. The molecule has 6 aromatic rings. The van der Waals surface area contributed by atoms with Crippen molar-refractivity contribution in [3.63, 3.8) is 0 Å². The predicted molar refractivity (Wildman–Crippen MR) is 344 cm³/mol. The molecule has 440 valence electrons. The van der Waals surface area contributed by atoms with E-state index in [-0.39, 0.29) is 54.1 Å². The highest BCUT2D eigenvalue weighted by Crippen LogP contribution is 2.58. The van der Waals surface area contributed by atoms with Gasteiger partial charge in [0.25, 0.3) is 0 Å². The summed E-state index contributed by atoms with van der Waals surface area (Å²) < 4.78 is 0. The molecule has 6 heterocycles. The fourth-order valence-electron chi connectivity index (χ4n) is 9.79. The van der Waals surface area contributed by atoms with Crippen LogP contribution in [-0.4, -0.2) is 39.9 Å². The largest absolute Gasteiger partial charge is 0.259 e. The molecule has 12 nitrogen and oxygen atoms in total. The Hall–Kier alpha value is -6.30. The first-order valence-electron chi connectivity index (χ1n) is 29.8. The van der Waals surface area contributed by atoms with Gasteiger partial charge >= 0.3 is 0 Å². The summed E-state index contributed by atoms with van der Waals surface area (Å²) in [4.78, 5) is 55.0. The van der Waals surface area contributed by atoms with Crippen LogP contribution in [0.1, 0.15) is 264 Å². The van der Waals surface area contributed by atoms with Gasteiger partial charge in [-0.2, -0.15) is 0 Å². The van der Waals surface area contributed by atoms with Crippen LogP contribution in [-0.2, 0) is 54.1 Å². The lowest BCUT2D eigenvalue weighted by atomic mass is 9.86. The molecule has 0 atom stereocenters. The van der Waals surface area contributed by atoms with Gasteiger partial charge in [-0.25, -0.2) is 39.9 Å². The maximum absolute atomic E-state index is 5.74. The van der Waals surface area contributed by atoms with Gasteiger partial charge in [0.15, 0.2) is 11.6 Å². The van der Waals surface area contributed by atoms with Crippen molar-refractivity contribution >= 4 is 46.5 Å². The molecule has 82 heavy (non-hydrogen) atoms. The molecule has 0 radical (unpaired) electrons. The van der Waals surface area contributed by atoms with E-state index in [1.165, 1.54) is 0 Å². The van der Waals surface area contributed by atoms with Crippen molar-refractivity contribution in [1.29, 1.82) is 0 Å². The molecule has 12 heteroatoms. The topological polar surface area (TPSA) is 116 Å². The monoisotopic (exact) mass is 1110 g/mol. The zero-order chi connectivity index (χ0) is 61.6. The fourth-order valence-corrected chi connectivity index (χ4v) is 9.79. The Morgan fingerprint density at radius 3 is 0.537 bits per heavy atom. The van der Waals surface area contributed by atoms with Crippen molar-refractivity contribution in [1.82, 2.24) is 39.9 Å². The molecule has 0 saturated carbocycles. The third-order valence-corrected chi connectivity index (χ3v) is 15.5. The molecule has 0 N–H and O–H groups in total. The zero-order valence-electron chi connectivity index (χ0n) is 56.1. The standard InChI is InChI=1S/C70H100N12/c1-61(2,3)41-31-33-43-45(35-41)81(59-75-51(67(19,20)21)39-52(76-59)68(22,23)24)55(79(43)57-71-47(63(7,8)9)37-48(72-57)64(10,11)12)56-80(58-73-49(65(13,14)15)38-50(74-58)66(16,17)18)44-34-32-42(62(4,5)6)36-46(44)82(56)60-77-53(69(25,26)27)40-54(78-60)70(28,29)30/h31-40H,1-30H3/b56-55+. The molecule has 4 aromatic heterocycles. The minimum atomic E-state index is -0.355. The van der Waals surface area contributed by atoms with Gasteiger partial charge in [-0.15, -0.1) is 0 Å². The minimum Gasteiger partial charge on any atom is -0.259 e. The van der Waals surface area contributed by atoms with Gasteiger partial charge in [-0.1, -0.05) is 220 Å². The van der Waals surface area contributed by atoms with Crippen LogP contribution in [0.15, 0.2) is 72.3 Å². The lowest BCUT2D eigenvalue weighted by Gasteiger charge is -2.34. The fraction of sp³-hybridized carbons (Fsp3) is 0.571. The summed E-state index contributed by atoms with van der Waals surface area (Å²) in [6.45, 7) is 67.2. The van der Waals surface area contributed by atoms with Gasteiger partial charge in [-0.05, 0) is 70.5 Å². The van der Waals surface area contributed by atoms with E-state index in [0.717, 1.165) is 79.4 Å². The van der Waals surface area contributed by atoms with Gasteiger partial charge in [0.1, 0.15) is 0 Å². The first kappa shape index (κ1) is 61.8. The van der Waals surface area contributed by atoms with Crippen LogP contribution in [0, 0.1) is 0 Å². The Morgan fingerprint density at radius 1 is 0.207 bits per heavy atom. The highest BCUT2D eigenvalue weighted by Gasteiger charge is 2.50. The normalized spacial score (nSPS) is 16.2. The summed E-state index contributed by atoms with van der Waals surface area (Å²) in [6, 6.07) is 22.4. The van der Waals surface area contributed by atoms with Gasteiger partial charge in [0, 0.05) is 43.3 Å². The van der Waals surface area contributed by atoms with Crippen LogP contribution < -0.4 is 19.6 Å². The van der Waals surface area contributed by atoms with Crippen molar-refractivity contribution in [2.75, 3.05) is 19.6 Å². The van der Waals surface area contributed by atoms with Crippen molar-refractivity contribution < 1.29 is 0 Å². The molecule has 2 aliphatic heterocycles. The van der Waals surface area contributed by atoms with E-state index in [9.17, 15) is 0 Å². The van der Waals surface area contributed by atoms with Crippen LogP contribution >= 0.6 is 0 Å². The molecule has 0 unspecified atom stereocenters. The average Bonchev–Trinajstić information content (AvgIpc) is 1.75. The van der Waals surface area contributed by atoms with Crippen LogP contribution in [0.5, 0.6) is 0 Å². The number of anilines is 8. The van der Waals surface area contributed by atoms with Crippen molar-refractivity contribution in [3.8, 4) is 0 Å². The molecule has 0 amide bonds. The number of benzene rings is 2. The minimum absolute atomic E-state index is 0.242. The first-order valence-corrected chi connectivity index (χ1v) is 29.8. The summed E-state index contributed by atoms with van der Waals surface area (Å²) in [6.07, 6.45) is 0. The van der Waals surface area contributed by atoms with E-state index in [2.05, 4.69) is 288 Å². The van der Waals surface area contributed by atoms with E-state index < -0.39 is 0 Å². The third-order valence-electron chi connectivity index (χ3n) is 15.5. The quantitative estimate of drug-likeness (QED) is 0.167. The number of fused-ring (bicyclic) bond motifs is 2. The molecule has 0 saturated heterocycles. The first-order chi connectivity index (χ1) is 37.0. The maximum atomic E-state index is 5.74. The van der Waals surface area contributed by atoms with Crippen molar-refractivity contribution in [3.05, 3.63) is 129 Å². The summed E-state index contributed by atoms with van der Waals surface area (Å²) in [5, 5.41) is 0. The molecule has 0 fully saturated rings. The second kappa shape index (κ2) is 19.6. The Kier molecular flexibility index (Phi) is 14.8. The third kappa shape index (κ3) is 12.1. The van der Waals surface area contributed by atoms with Gasteiger partial charge < -0.3 is 0 Å². The molecule has 0 bridgehead atoms. The average molecular weight is 1110 g/mol. The Morgan fingerprint density at radius 2 is 0.378 bits per heavy atom. The number of hydrogen-bond acceptors (Lipinski definition) is 12. The predicted octanol–water partition coefficient (Wildman–Crippen LogP) is 18.2. The van der Waals surface area contributed by atoms with Crippen molar-refractivity contribution in [2.45, 2.75) is 262 Å². The lowest BCUT2D eigenvalue weighted by Crippen LogP contribution is -2.37. The van der Waals surface area contributed by atoms with Crippen LogP contribution in [0.4, 0.5) is 46.5 Å². The molecule has 0 spiro atoms. The van der Waals surface area contributed by atoms with Gasteiger partial charge in [0.05, 0.1) is 68.3 Å². The van der Waals surface area contributed by atoms with Crippen LogP contribution in [0.3, 0.4) is 0 Å². The number of aromatic nitrogens is 8. The van der Waals surface area contributed by atoms with E-state index >= 15 is 0 Å². The molecular weight excluding hydrogens is 1010 g/mol. The zero-order valence-corrected chi connectivity index (χ0v) is 56.1. The second-order valence-corrected chi connectivity index (χ2v) is 33.6. The van der Waals surface area contributed by atoms with E-state index in [1.54, 1.807) is 0 Å². The molecule has 2 aliphatic rings. The highest BCUT2D eigenvalue weighted by atomic mass is 15.5. The van der Waals surface area contributed by atoms with Crippen LogP contribution in [0.2, 0.25) is 0 Å². The maximum Gasteiger partial charge on any atom is 0.236 e. The number of rotatable bonds is 4. The SMILES string of the molecule is CC(C)(C)c1ccc2c(c1)N(c1nc(C(C)(C)C)cc(C(C)(C)C)n1)/C(=C1\N(c3nc(C(C)(C)C)cc(C(C)(C)C)n3)c3ccc(C(C)(C)C)cc3N1c1nc(C(C)(C)C)cc(C(C)(C)C)n1)N2c1nc(C(C)(C)C)cc(C(C)(C)C)n1. The van der Waals surface area contributed by atoms with E-state index in [0.29, 0.717) is 35.4 Å².